The lowest BCUT2D eigenvalue weighted by Crippen LogP contribution is -2.44. The molecule has 90 valence electrons. The molecule has 1 aromatic rings. The van der Waals surface area contributed by atoms with Crippen LogP contribution in [0.15, 0.2) is 11.2 Å². The van der Waals surface area contributed by atoms with Crippen LogP contribution in [0.5, 0.6) is 0 Å². The van der Waals surface area contributed by atoms with Crippen LogP contribution in [0, 0.1) is 0 Å². The van der Waals surface area contributed by atoms with E-state index in [9.17, 15) is 0 Å². The summed E-state index contributed by atoms with van der Waals surface area (Å²) in [5.41, 5.74) is 4.11. The zero-order valence-corrected chi connectivity index (χ0v) is 10.8. The van der Waals surface area contributed by atoms with Gasteiger partial charge in [-0.3, -0.25) is 20.0 Å². The molecule has 1 N–H and O–H groups in total. The monoisotopic (exact) mass is 250 g/mol. The molecule has 0 bridgehead atoms. The Kier molecular flexibility index (Phi) is 2.12. The van der Waals surface area contributed by atoms with Crippen LogP contribution in [0.2, 0.25) is 0 Å². The summed E-state index contributed by atoms with van der Waals surface area (Å²) in [6.45, 7) is 4.79. The lowest BCUT2D eigenvalue weighted by atomic mass is 10.3. The van der Waals surface area contributed by atoms with Crippen molar-refractivity contribution in [2.24, 2.45) is 12.0 Å². The molecule has 3 heterocycles. The van der Waals surface area contributed by atoms with E-state index in [1.54, 1.807) is 4.68 Å². The van der Waals surface area contributed by atoms with Gasteiger partial charge in [-0.1, -0.05) is 0 Å². The van der Waals surface area contributed by atoms with Crippen molar-refractivity contribution in [2.45, 2.75) is 19.9 Å². The average molecular weight is 250 g/mol. The van der Waals surface area contributed by atoms with Crippen LogP contribution in [0.4, 0.5) is 0 Å². The van der Waals surface area contributed by atoms with Crippen molar-refractivity contribution in [1.29, 1.82) is 0 Å². The highest BCUT2D eigenvalue weighted by Crippen LogP contribution is 2.19. The first-order valence-electron chi connectivity index (χ1n) is 5.54. The van der Waals surface area contributed by atoms with E-state index in [0.29, 0.717) is 17.8 Å². The maximum atomic E-state index is 5.31. The van der Waals surface area contributed by atoms with Crippen LogP contribution in [-0.4, -0.2) is 37.5 Å². The summed E-state index contributed by atoms with van der Waals surface area (Å²) in [5.74, 6) is 1.06. The Bertz CT molecular complexity index is 601. The molecule has 17 heavy (non-hydrogen) atoms. The second-order valence-corrected chi connectivity index (χ2v) is 4.82. The Morgan fingerprint density at radius 1 is 1.47 bits per heavy atom. The normalized spacial score (nSPS) is 18.1. The second-order valence-electron chi connectivity index (χ2n) is 4.44. The molecule has 3 rings (SSSR count). The molecule has 1 saturated heterocycles. The van der Waals surface area contributed by atoms with Gasteiger partial charge in [0.25, 0.3) is 0 Å². The minimum Gasteiger partial charge on any atom is -0.281 e. The summed E-state index contributed by atoms with van der Waals surface area (Å²) in [7, 11) is 1.90. The molecule has 1 fully saturated rings. The lowest BCUT2D eigenvalue weighted by molar-refractivity contribution is 0.290. The minimum atomic E-state index is 0.319. The molecular formula is C10H14N6S. The van der Waals surface area contributed by atoms with Crippen molar-refractivity contribution in [3.8, 4) is 0 Å². The van der Waals surface area contributed by atoms with Crippen LogP contribution < -0.4 is 16.1 Å². The number of nitrogens with zero attached hydrogens (tertiary/aromatic N) is 5. The van der Waals surface area contributed by atoms with Gasteiger partial charge in [0.2, 0.25) is 0 Å². The highest BCUT2D eigenvalue weighted by molar-refractivity contribution is 7.80. The SMILES string of the molecule is CC(C)N1NC(=S)N2CN=c3c(cnn3C)=C21. The van der Waals surface area contributed by atoms with E-state index in [-0.39, 0.29) is 0 Å². The molecular weight excluding hydrogens is 236 g/mol. The predicted octanol–water partition coefficient (Wildman–Crippen LogP) is -1.11. The van der Waals surface area contributed by atoms with Crippen molar-refractivity contribution >= 4 is 23.2 Å². The molecule has 0 unspecified atom stereocenters. The number of hydrogen-bond donors (Lipinski definition) is 1. The van der Waals surface area contributed by atoms with E-state index in [4.69, 9.17) is 12.2 Å². The molecule has 0 amide bonds. The quantitative estimate of drug-likeness (QED) is 0.641. The highest BCUT2D eigenvalue weighted by Gasteiger charge is 2.33. The number of thiocarbonyl (C=S) groups is 1. The summed E-state index contributed by atoms with van der Waals surface area (Å²) in [6.07, 6.45) is 1.84. The molecule has 0 aliphatic carbocycles. The fraction of sp³-hybridized carbons (Fsp3) is 0.500. The van der Waals surface area contributed by atoms with Gasteiger partial charge in [0.1, 0.15) is 12.5 Å². The molecule has 2 aliphatic heterocycles. The fourth-order valence-electron chi connectivity index (χ4n) is 2.14. The second kappa shape index (κ2) is 3.43. The van der Waals surface area contributed by atoms with E-state index in [1.165, 1.54) is 0 Å². The smallest absolute Gasteiger partial charge is 0.195 e. The van der Waals surface area contributed by atoms with Crippen molar-refractivity contribution in [3.05, 3.63) is 16.9 Å². The molecule has 0 saturated carbocycles. The van der Waals surface area contributed by atoms with Gasteiger partial charge in [-0.05, 0) is 26.1 Å². The largest absolute Gasteiger partial charge is 0.281 e. The fourth-order valence-corrected chi connectivity index (χ4v) is 2.38. The first kappa shape index (κ1) is 10.5. The molecule has 0 aromatic carbocycles. The molecule has 0 radical (unpaired) electrons. The van der Waals surface area contributed by atoms with Gasteiger partial charge in [-0.2, -0.15) is 5.10 Å². The maximum absolute atomic E-state index is 5.31. The van der Waals surface area contributed by atoms with E-state index in [0.717, 1.165) is 16.5 Å². The Labute approximate surface area is 104 Å². The molecule has 0 spiro atoms. The molecule has 1 aromatic heterocycles. The zero-order valence-electron chi connectivity index (χ0n) is 10.0. The Balaban J connectivity index is 2.30. The first-order chi connectivity index (χ1) is 8.09. The predicted molar refractivity (Wildman–Crippen MR) is 66.8 cm³/mol. The number of aromatic nitrogens is 2. The average Bonchev–Trinajstić information content (AvgIpc) is 2.81. The number of aryl methyl sites for hydroxylation is 1. The maximum Gasteiger partial charge on any atom is 0.195 e. The molecule has 2 aliphatic rings. The third-order valence-corrected chi connectivity index (χ3v) is 3.28. The third kappa shape index (κ3) is 1.35. The van der Waals surface area contributed by atoms with Crippen LogP contribution in [-0.2, 0) is 7.05 Å². The van der Waals surface area contributed by atoms with Crippen LogP contribution in [0.1, 0.15) is 13.8 Å². The van der Waals surface area contributed by atoms with Crippen molar-refractivity contribution < 1.29 is 0 Å². The van der Waals surface area contributed by atoms with E-state index in [1.807, 2.05) is 18.1 Å². The number of rotatable bonds is 1. The Hall–Kier alpha value is -1.63. The summed E-state index contributed by atoms with van der Waals surface area (Å²) in [6, 6.07) is 0.319. The van der Waals surface area contributed by atoms with Gasteiger partial charge in [0.15, 0.2) is 10.6 Å². The van der Waals surface area contributed by atoms with Gasteiger partial charge < -0.3 is 0 Å². The Morgan fingerprint density at radius 3 is 2.94 bits per heavy atom. The van der Waals surface area contributed by atoms with Crippen molar-refractivity contribution in [3.63, 3.8) is 0 Å². The van der Waals surface area contributed by atoms with Gasteiger partial charge in [-0.15, -0.1) is 0 Å². The van der Waals surface area contributed by atoms with Gasteiger partial charge in [0.05, 0.1) is 11.4 Å². The van der Waals surface area contributed by atoms with Crippen LogP contribution >= 0.6 is 12.2 Å². The number of nitrogens with one attached hydrogen (secondary N) is 1. The summed E-state index contributed by atoms with van der Waals surface area (Å²) in [4.78, 5) is 6.49. The summed E-state index contributed by atoms with van der Waals surface area (Å²) < 4.78 is 1.79. The molecule has 0 atom stereocenters. The Morgan fingerprint density at radius 2 is 2.24 bits per heavy atom. The van der Waals surface area contributed by atoms with Gasteiger partial charge in [0, 0.05) is 13.1 Å². The third-order valence-electron chi connectivity index (χ3n) is 2.97. The van der Waals surface area contributed by atoms with Crippen LogP contribution in [0.25, 0.3) is 5.82 Å². The number of hydrazine groups is 1. The highest BCUT2D eigenvalue weighted by atomic mass is 32.1. The van der Waals surface area contributed by atoms with Crippen molar-refractivity contribution in [1.82, 2.24) is 25.1 Å². The number of fused-ring (bicyclic) bond motifs is 2. The van der Waals surface area contributed by atoms with Gasteiger partial charge in [-0.25, -0.2) is 4.99 Å². The van der Waals surface area contributed by atoms with Gasteiger partial charge >= 0.3 is 0 Å². The van der Waals surface area contributed by atoms with Crippen molar-refractivity contribution in [2.75, 3.05) is 6.67 Å². The first-order valence-corrected chi connectivity index (χ1v) is 5.94. The van der Waals surface area contributed by atoms with E-state index >= 15 is 0 Å². The molecule has 6 nitrogen and oxygen atoms in total. The lowest BCUT2D eigenvalue weighted by Gasteiger charge is -2.25. The summed E-state index contributed by atoms with van der Waals surface area (Å²) in [5, 5.41) is 8.05. The number of hydrogen-bond acceptors (Lipinski definition) is 4. The van der Waals surface area contributed by atoms with Crippen LogP contribution in [0.3, 0.4) is 0 Å². The zero-order chi connectivity index (χ0) is 12.2. The molecule has 7 heteroatoms. The standard InChI is InChI=1S/C10H14N6S/c1-6(2)16-9-7-4-12-14(3)8(7)11-5-15(9)10(17)13-16/h4,6H,5H2,1-3H3,(H,13,17). The topological polar surface area (TPSA) is 48.7 Å². The minimum absolute atomic E-state index is 0.319. The van der Waals surface area contributed by atoms with E-state index < -0.39 is 0 Å². The summed E-state index contributed by atoms with van der Waals surface area (Å²) >= 11 is 5.31. The van der Waals surface area contributed by atoms with E-state index in [2.05, 4.69) is 34.4 Å².